The second kappa shape index (κ2) is 7.87. The molecular formula is C15H21Cl2NO2. The van der Waals surface area contributed by atoms with Crippen molar-refractivity contribution in [3.8, 4) is 0 Å². The molecule has 1 aromatic rings. The lowest BCUT2D eigenvalue weighted by Gasteiger charge is -2.24. The third kappa shape index (κ3) is 6.12. The number of hydrogen-bond acceptors (Lipinski definition) is 2. The van der Waals surface area contributed by atoms with Crippen LogP contribution in [0, 0.1) is 5.41 Å². The third-order valence-electron chi connectivity index (χ3n) is 3.12. The van der Waals surface area contributed by atoms with Crippen molar-refractivity contribution in [3.05, 3.63) is 33.8 Å². The van der Waals surface area contributed by atoms with Crippen LogP contribution >= 0.6 is 23.2 Å². The molecule has 0 unspecified atom stereocenters. The first-order valence-electron chi connectivity index (χ1n) is 6.65. The van der Waals surface area contributed by atoms with Gasteiger partial charge in [-0.15, -0.1) is 0 Å². The minimum atomic E-state index is -0.0412. The van der Waals surface area contributed by atoms with E-state index in [4.69, 9.17) is 28.3 Å². The van der Waals surface area contributed by atoms with E-state index in [1.807, 2.05) is 0 Å². The molecule has 0 atom stereocenters. The number of halogens is 2. The Hall–Kier alpha value is -0.770. The number of benzene rings is 1. The van der Waals surface area contributed by atoms with Gasteiger partial charge < -0.3 is 10.4 Å². The molecule has 0 aliphatic carbocycles. The second-order valence-electron chi connectivity index (χ2n) is 5.69. The van der Waals surface area contributed by atoms with Crippen LogP contribution in [-0.2, 0) is 11.2 Å². The van der Waals surface area contributed by atoms with Crippen LogP contribution in [0.1, 0.15) is 32.3 Å². The topological polar surface area (TPSA) is 49.3 Å². The van der Waals surface area contributed by atoms with Gasteiger partial charge in [-0.1, -0.05) is 43.1 Å². The van der Waals surface area contributed by atoms with E-state index in [2.05, 4.69) is 19.2 Å². The smallest absolute Gasteiger partial charge is 0.224 e. The number of rotatable bonds is 7. The molecular weight excluding hydrogens is 297 g/mol. The van der Waals surface area contributed by atoms with Crippen molar-refractivity contribution < 1.29 is 9.90 Å². The molecule has 0 aliphatic rings. The number of amides is 1. The lowest BCUT2D eigenvalue weighted by Crippen LogP contribution is -2.35. The molecule has 5 heteroatoms. The summed E-state index contributed by atoms with van der Waals surface area (Å²) in [7, 11) is 0. The van der Waals surface area contributed by atoms with Crippen LogP contribution < -0.4 is 5.32 Å². The summed E-state index contributed by atoms with van der Waals surface area (Å²) in [6.45, 7) is 4.91. The van der Waals surface area contributed by atoms with Crippen molar-refractivity contribution in [3.63, 3.8) is 0 Å². The van der Waals surface area contributed by atoms with Gasteiger partial charge in [0.25, 0.3) is 0 Å². The van der Waals surface area contributed by atoms with E-state index in [0.29, 0.717) is 16.6 Å². The lowest BCUT2D eigenvalue weighted by atomic mass is 9.88. The fourth-order valence-corrected chi connectivity index (χ4v) is 2.20. The average molecular weight is 318 g/mol. The van der Waals surface area contributed by atoms with Crippen molar-refractivity contribution >= 4 is 29.1 Å². The zero-order valence-corrected chi connectivity index (χ0v) is 13.4. The van der Waals surface area contributed by atoms with Crippen LogP contribution in [0.15, 0.2) is 18.2 Å². The van der Waals surface area contributed by atoms with Gasteiger partial charge in [0.1, 0.15) is 0 Å². The van der Waals surface area contributed by atoms with Crippen LogP contribution in [0.3, 0.4) is 0 Å². The highest BCUT2D eigenvalue weighted by Crippen LogP contribution is 2.23. The molecule has 0 aliphatic heterocycles. The zero-order chi connectivity index (χ0) is 15.2. The molecule has 0 bridgehead atoms. The van der Waals surface area contributed by atoms with Gasteiger partial charge in [0, 0.05) is 13.2 Å². The molecule has 0 saturated carbocycles. The van der Waals surface area contributed by atoms with E-state index in [9.17, 15) is 4.79 Å². The molecule has 1 rings (SSSR count). The first-order valence-corrected chi connectivity index (χ1v) is 7.41. The van der Waals surface area contributed by atoms with E-state index in [1.54, 1.807) is 18.2 Å². The SMILES string of the molecule is CC(C)(CCCO)CNC(=O)Cc1ccc(Cl)c(Cl)c1. The molecule has 1 aromatic carbocycles. The standard InChI is InChI=1S/C15H21Cl2NO2/c1-15(2,6-3-7-19)10-18-14(20)9-11-4-5-12(16)13(17)8-11/h4-5,8,19H,3,6-7,9-10H2,1-2H3,(H,18,20). The first-order chi connectivity index (χ1) is 9.34. The van der Waals surface area contributed by atoms with Crippen LogP contribution in [0.25, 0.3) is 0 Å². The number of carbonyl (C=O) groups is 1. The van der Waals surface area contributed by atoms with E-state index in [-0.39, 0.29) is 24.3 Å². The summed E-state index contributed by atoms with van der Waals surface area (Å²) in [6, 6.07) is 5.20. The molecule has 0 aromatic heterocycles. The molecule has 2 N–H and O–H groups in total. The quantitative estimate of drug-likeness (QED) is 0.809. The number of hydrogen-bond donors (Lipinski definition) is 2. The molecule has 112 valence electrons. The Morgan fingerprint density at radius 1 is 1.30 bits per heavy atom. The fraction of sp³-hybridized carbons (Fsp3) is 0.533. The van der Waals surface area contributed by atoms with E-state index in [0.717, 1.165) is 18.4 Å². The maximum Gasteiger partial charge on any atom is 0.224 e. The van der Waals surface area contributed by atoms with Gasteiger partial charge in [0.05, 0.1) is 16.5 Å². The van der Waals surface area contributed by atoms with Crippen molar-refractivity contribution in [2.24, 2.45) is 5.41 Å². The van der Waals surface area contributed by atoms with Gasteiger partial charge in [-0.05, 0) is 36.0 Å². The third-order valence-corrected chi connectivity index (χ3v) is 3.86. The molecule has 0 fully saturated rings. The molecule has 20 heavy (non-hydrogen) atoms. The predicted octanol–water partition coefficient (Wildman–Crippen LogP) is 3.45. The number of nitrogens with one attached hydrogen (secondary N) is 1. The molecule has 3 nitrogen and oxygen atoms in total. The van der Waals surface area contributed by atoms with E-state index in [1.165, 1.54) is 0 Å². The minimum absolute atomic E-state index is 0.0178. The predicted molar refractivity (Wildman–Crippen MR) is 83.3 cm³/mol. The van der Waals surface area contributed by atoms with Crippen molar-refractivity contribution in [2.75, 3.05) is 13.2 Å². The van der Waals surface area contributed by atoms with Crippen LogP contribution in [0.4, 0.5) is 0 Å². The molecule has 1 amide bonds. The van der Waals surface area contributed by atoms with Crippen LogP contribution in [0.5, 0.6) is 0 Å². The Balaban J connectivity index is 2.45. The van der Waals surface area contributed by atoms with Crippen molar-refractivity contribution in [1.82, 2.24) is 5.32 Å². The van der Waals surface area contributed by atoms with E-state index < -0.39 is 0 Å². The summed E-state index contributed by atoms with van der Waals surface area (Å²) in [6.07, 6.45) is 1.90. The van der Waals surface area contributed by atoms with Gasteiger partial charge in [0.15, 0.2) is 0 Å². The van der Waals surface area contributed by atoms with Gasteiger partial charge in [-0.25, -0.2) is 0 Å². The summed E-state index contributed by atoms with van der Waals surface area (Å²) in [5.41, 5.74) is 0.820. The highest BCUT2D eigenvalue weighted by Gasteiger charge is 2.18. The lowest BCUT2D eigenvalue weighted by molar-refractivity contribution is -0.120. The van der Waals surface area contributed by atoms with Gasteiger partial charge >= 0.3 is 0 Å². The Kier molecular flexibility index (Phi) is 6.80. The van der Waals surface area contributed by atoms with Crippen molar-refractivity contribution in [1.29, 1.82) is 0 Å². The average Bonchev–Trinajstić information content (AvgIpc) is 2.39. The number of carbonyl (C=O) groups excluding carboxylic acids is 1. The van der Waals surface area contributed by atoms with Crippen molar-refractivity contribution in [2.45, 2.75) is 33.1 Å². The summed E-state index contributed by atoms with van der Waals surface area (Å²) < 4.78 is 0. The highest BCUT2D eigenvalue weighted by atomic mass is 35.5. The molecule has 0 saturated heterocycles. The normalized spacial score (nSPS) is 11.4. The Labute approximate surface area is 130 Å². The monoisotopic (exact) mass is 317 g/mol. The van der Waals surface area contributed by atoms with Gasteiger partial charge in [-0.3, -0.25) is 4.79 Å². The Morgan fingerprint density at radius 3 is 2.60 bits per heavy atom. The molecule has 0 radical (unpaired) electrons. The Morgan fingerprint density at radius 2 is 2.00 bits per heavy atom. The van der Waals surface area contributed by atoms with Crippen LogP contribution in [0.2, 0.25) is 10.0 Å². The molecule has 0 spiro atoms. The minimum Gasteiger partial charge on any atom is -0.396 e. The largest absolute Gasteiger partial charge is 0.396 e. The zero-order valence-electron chi connectivity index (χ0n) is 11.9. The summed E-state index contributed by atoms with van der Waals surface area (Å²) >= 11 is 11.8. The maximum atomic E-state index is 11.9. The molecule has 0 heterocycles. The summed E-state index contributed by atoms with van der Waals surface area (Å²) in [5.74, 6) is -0.0412. The summed E-state index contributed by atoms with van der Waals surface area (Å²) in [5, 5.41) is 12.7. The van der Waals surface area contributed by atoms with Gasteiger partial charge in [-0.2, -0.15) is 0 Å². The van der Waals surface area contributed by atoms with Gasteiger partial charge in [0.2, 0.25) is 5.91 Å². The Bertz CT molecular complexity index is 461. The number of aliphatic hydroxyl groups is 1. The highest BCUT2D eigenvalue weighted by molar-refractivity contribution is 6.42. The maximum absolute atomic E-state index is 11.9. The van der Waals surface area contributed by atoms with E-state index >= 15 is 0 Å². The number of aliphatic hydroxyl groups excluding tert-OH is 1. The summed E-state index contributed by atoms with van der Waals surface area (Å²) in [4.78, 5) is 11.9. The first kappa shape index (κ1) is 17.3. The fourth-order valence-electron chi connectivity index (χ4n) is 1.88. The second-order valence-corrected chi connectivity index (χ2v) is 6.51. The van der Waals surface area contributed by atoms with Crippen LogP contribution in [-0.4, -0.2) is 24.2 Å².